The van der Waals surface area contributed by atoms with Crippen LogP contribution in [0.3, 0.4) is 0 Å². The lowest BCUT2D eigenvalue weighted by atomic mass is 9.93. The lowest BCUT2D eigenvalue weighted by Crippen LogP contribution is -2.01. The van der Waals surface area contributed by atoms with Crippen LogP contribution in [0.1, 0.15) is 0 Å². The van der Waals surface area contributed by atoms with Gasteiger partial charge in [-0.2, -0.15) is 0 Å². The zero-order valence-electron chi connectivity index (χ0n) is 25.3. The van der Waals surface area contributed by atoms with E-state index in [1.807, 2.05) is 60.7 Å². The Morgan fingerprint density at radius 2 is 0.851 bits per heavy atom. The quantitative estimate of drug-likeness (QED) is 0.202. The van der Waals surface area contributed by atoms with E-state index >= 15 is 0 Å². The van der Waals surface area contributed by atoms with E-state index < -0.39 is 0 Å². The van der Waals surface area contributed by atoms with Gasteiger partial charge in [0.15, 0.2) is 17.5 Å². The maximum absolute atomic E-state index is 5.02. The molecule has 0 atom stereocenters. The Morgan fingerprint density at radius 3 is 1.53 bits per heavy atom. The normalized spacial score (nSPS) is 11.8. The lowest BCUT2D eigenvalue weighted by molar-refractivity contribution is 1.07. The van der Waals surface area contributed by atoms with Gasteiger partial charge in [-0.25, -0.2) is 15.0 Å². The Balaban J connectivity index is 1.24. The molecule has 1 aliphatic carbocycles. The van der Waals surface area contributed by atoms with Crippen molar-refractivity contribution in [3.63, 3.8) is 0 Å². The van der Waals surface area contributed by atoms with Crippen molar-refractivity contribution in [1.82, 2.24) is 19.5 Å². The fraction of sp³-hybridized carbons (Fsp3) is 0. The topological polar surface area (TPSA) is 43.6 Å². The third-order valence-electron chi connectivity index (χ3n) is 9.37. The van der Waals surface area contributed by atoms with Crippen LogP contribution < -0.4 is 0 Å². The summed E-state index contributed by atoms with van der Waals surface area (Å²) in [6, 6.07) is 55.6. The molecule has 0 aliphatic heterocycles. The SMILES string of the molecule is c1ccc(-c2nc(-c3ccccc3)nc(-c3cccc(-n4c5cccc6c5c5c7c(cccc7ccc54)-c4ccccc4-6)c3)n2)cc1. The molecule has 2 aromatic heterocycles. The smallest absolute Gasteiger partial charge is 0.164 e. The molecule has 0 amide bonds. The highest BCUT2D eigenvalue weighted by atomic mass is 15.0. The second-order valence-corrected chi connectivity index (χ2v) is 12.0. The Morgan fingerprint density at radius 1 is 0.340 bits per heavy atom. The van der Waals surface area contributed by atoms with Gasteiger partial charge in [-0.15, -0.1) is 0 Å². The number of aromatic nitrogens is 4. The van der Waals surface area contributed by atoms with Crippen molar-refractivity contribution < 1.29 is 0 Å². The molecular formula is C43H26N4. The van der Waals surface area contributed by atoms with Gasteiger partial charge in [-0.05, 0) is 57.3 Å². The molecule has 9 aromatic rings. The van der Waals surface area contributed by atoms with E-state index in [0.29, 0.717) is 17.5 Å². The summed E-state index contributed by atoms with van der Waals surface area (Å²) in [6.07, 6.45) is 0. The minimum absolute atomic E-state index is 0.642. The predicted octanol–water partition coefficient (Wildman–Crippen LogP) is 10.8. The molecule has 0 N–H and O–H groups in total. The second kappa shape index (κ2) is 10.1. The Hall–Kier alpha value is -6.39. The lowest BCUT2D eigenvalue weighted by Gasteiger charge is -2.14. The van der Waals surface area contributed by atoms with Gasteiger partial charge in [0.25, 0.3) is 0 Å². The molecule has 10 rings (SSSR count). The molecule has 4 nitrogen and oxygen atoms in total. The van der Waals surface area contributed by atoms with E-state index in [9.17, 15) is 0 Å². The van der Waals surface area contributed by atoms with Gasteiger partial charge in [0.1, 0.15) is 0 Å². The third kappa shape index (κ3) is 3.92. The van der Waals surface area contributed by atoms with Crippen molar-refractivity contribution in [2.75, 3.05) is 0 Å². The van der Waals surface area contributed by atoms with Crippen molar-refractivity contribution in [1.29, 1.82) is 0 Å². The van der Waals surface area contributed by atoms with Crippen molar-refractivity contribution in [2.45, 2.75) is 0 Å². The highest BCUT2D eigenvalue weighted by molar-refractivity contribution is 6.30. The van der Waals surface area contributed by atoms with E-state index in [1.54, 1.807) is 0 Å². The van der Waals surface area contributed by atoms with E-state index in [2.05, 4.69) is 102 Å². The van der Waals surface area contributed by atoms with Gasteiger partial charge in [-0.1, -0.05) is 133 Å². The van der Waals surface area contributed by atoms with Gasteiger partial charge in [0.05, 0.1) is 11.0 Å². The summed E-state index contributed by atoms with van der Waals surface area (Å²) in [5.74, 6) is 1.95. The van der Waals surface area contributed by atoms with E-state index in [0.717, 1.165) is 22.4 Å². The van der Waals surface area contributed by atoms with Crippen LogP contribution in [0.2, 0.25) is 0 Å². The highest BCUT2D eigenvalue weighted by Crippen LogP contribution is 2.49. The number of benzene rings is 7. The van der Waals surface area contributed by atoms with Crippen LogP contribution in [-0.2, 0) is 0 Å². The van der Waals surface area contributed by atoms with Crippen molar-refractivity contribution in [3.05, 3.63) is 158 Å². The van der Waals surface area contributed by atoms with Crippen molar-refractivity contribution >= 4 is 32.6 Å². The Bertz CT molecular complexity index is 2620. The molecule has 218 valence electrons. The molecule has 0 unspecified atom stereocenters. The minimum atomic E-state index is 0.642. The monoisotopic (exact) mass is 598 g/mol. The van der Waals surface area contributed by atoms with Gasteiger partial charge < -0.3 is 4.57 Å². The van der Waals surface area contributed by atoms with Gasteiger partial charge in [0, 0.05) is 33.2 Å². The number of hydrogen-bond acceptors (Lipinski definition) is 3. The van der Waals surface area contributed by atoms with E-state index in [4.69, 9.17) is 15.0 Å². The third-order valence-corrected chi connectivity index (χ3v) is 9.37. The molecule has 0 saturated carbocycles. The molecule has 4 heteroatoms. The average molecular weight is 599 g/mol. The number of nitrogens with zero attached hydrogens (tertiary/aromatic N) is 4. The molecule has 0 spiro atoms. The van der Waals surface area contributed by atoms with Crippen LogP contribution in [-0.4, -0.2) is 19.5 Å². The summed E-state index contributed by atoms with van der Waals surface area (Å²) in [7, 11) is 0. The maximum atomic E-state index is 5.02. The maximum Gasteiger partial charge on any atom is 0.164 e. The van der Waals surface area contributed by atoms with Gasteiger partial charge >= 0.3 is 0 Å². The summed E-state index contributed by atoms with van der Waals surface area (Å²) < 4.78 is 2.40. The Labute approximate surface area is 271 Å². The Kier molecular flexibility index (Phi) is 5.54. The predicted molar refractivity (Wildman–Crippen MR) is 192 cm³/mol. The standard InChI is InChI=1S/C43H26N4/c1-3-12-28(13-4-1)41-44-42(29-14-5-2-6-15-29)46-43(45-41)30-17-9-18-31(26-30)47-36-23-11-22-35-33-20-8-7-19-32(33)34-21-10-16-27-24-25-37(47)40(38(27)34)39(35)36/h1-26H. The summed E-state index contributed by atoms with van der Waals surface area (Å²) in [5.41, 5.74) is 11.4. The fourth-order valence-electron chi connectivity index (χ4n) is 7.33. The van der Waals surface area contributed by atoms with Crippen LogP contribution in [0.5, 0.6) is 0 Å². The number of fused-ring (bicyclic) bond motifs is 3. The molecule has 0 bridgehead atoms. The van der Waals surface area contributed by atoms with Crippen molar-refractivity contribution in [3.8, 4) is 62.1 Å². The molecule has 0 radical (unpaired) electrons. The molecule has 47 heavy (non-hydrogen) atoms. The number of hydrogen-bond donors (Lipinski definition) is 0. The first-order valence-electron chi connectivity index (χ1n) is 15.9. The van der Waals surface area contributed by atoms with Crippen molar-refractivity contribution in [2.24, 2.45) is 0 Å². The van der Waals surface area contributed by atoms with Crippen LogP contribution in [0, 0.1) is 0 Å². The second-order valence-electron chi connectivity index (χ2n) is 12.0. The van der Waals surface area contributed by atoms with Crippen LogP contribution >= 0.6 is 0 Å². The molecule has 0 fully saturated rings. The summed E-state index contributed by atoms with van der Waals surface area (Å²) >= 11 is 0. The largest absolute Gasteiger partial charge is 0.309 e. The van der Waals surface area contributed by atoms with Crippen LogP contribution in [0.15, 0.2) is 158 Å². The zero-order chi connectivity index (χ0) is 30.9. The van der Waals surface area contributed by atoms with Crippen LogP contribution in [0.4, 0.5) is 0 Å². The van der Waals surface area contributed by atoms with E-state index in [1.165, 1.54) is 54.8 Å². The first-order chi connectivity index (χ1) is 23.3. The summed E-state index contributed by atoms with van der Waals surface area (Å²) in [4.78, 5) is 14.9. The molecule has 1 aliphatic rings. The minimum Gasteiger partial charge on any atom is -0.309 e. The summed E-state index contributed by atoms with van der Waals surface area (Å²) in [5, 5.41) is 5.14. The van der Waals surface area contributed by atoms with Gasteiger partial charge in [-0.3, -0.25) is 0 Å². The zero-order valence-corrected chi connectivity index (χ0v) is 25.3. The molecule has 0 saturated heterocycles. The highest BCUT2D eigenvalue weighted by Gasteiger charge is 2.24. The number of rotatable bonds is 4. The molecule has 7 aromatic carbocycles. The fourth-order valence-corrected chi connectivity index (χ4v) is 7.33. The van der Waals surface area contributed by atoms with E-state index in [-0.39, 0.29) is 0 Å². The molecular weight excluding hydrogens is 573 g/mol. The summed E-state index contributed by atoms with van der Waals surface area (Å²) in [6.45, 7) is 0. The van der Waals surface area contributed by atoms with Crippen LogP contribution in [0.25, 0.3) is 94.7 Å². The first-order valence-corrected chi connectivity index (χ1v) is 15.9. The molecule has 2 heterocycles. The van der Waals surface area contributed by atoms with Gasteiger partial charge in [0.2, 0.25) is 0 Å². The average Bonchev–Trinajstić information content (AvgIpc) is 3.43. The first kappa shape index (κ1) is 25.9.